The van der Waals surface area contributed by atoms with E-state index >= 15 is 0 Å². The molecule has 1 atom stereocenters. The summed E-state index contributed by atoms with van der Waals surface area (Å²) in [5, 5.41) is 7.05. The van der Waals surface area contributed by atoms with Crippen LogP contribution in [0.2, 0.25) is 0 Å². The molecule has 0 aromatic carbocycles. The molecule has 2 aromatic heterocycles. The summed E-state index contributed by atoms with van der Waals surface area (Å²) in [6.07, 6.45) is 3.23. The third-order valence-electron chi connectivity index (χ3n) is 4.27. The smallest absolute Gasteiger partial charge is 0.270 e. The molecule has 1 aliphatic rings. The van der Waals surface area contributed by atoms with Gasteiger partial charge in [-0.3, -0.25) is 4.79 Å². The van der Waals surface area contributed by atoms with Crippen LogP contribution in [-0.2, 0) is 4.74 Å². The summed E-state index contributed by atoms with van der Waals surface area (Å²) in [6, 6.07) is 1.24. The van der Waals surface area contributed by atoms with Crippen LogP contribution in [0.5, 0.6) is 0 Å². The van der Waals surface area contributed by atoms with Crippen molar-refractivity contribution in [3.05, 3.63) is 35.5 Å². The number of aromatic nitrogens is 4. The van der Waals surface area contributed by atoms with E-state index in [1.165, 1.54) is 0 Å². The molecule has 0 bridgehead atoms. The molecular formula is C17H23N5O3. The Balaban J connectivity index is 1.83. The van der Waals surface area contributed by atoms with E-state index in [2.05, 4.69) is 25.4 Å². The molecule has 1 aliphatic heterocycles. The van der Waals surface area contributed by atoms with Crippen LogP contribution in [0.15, 0.2) is 16.8 Å². The highest BCUT2D eigenvalue weighted by atomic mass is 16.5. The minimum atomic E-state index is -0.355. The van der Waals surface area contributed by atoms with Crippen LogP contribution in [-0.4, -0.2) is 39.2 Å². The minimum Gasteiger partial charge on any atom is -0.381 e. The summed E-state index contributed by atoms with van der Waals surface area (Å²) < 4.78 is 10.9. The second-order valence-corrected chi connectivity index (χ2v) is 6.54. The van der Waals surface area contributed by atoms with Gasteiger partial charge in [-0.1, -0.05) is 19.0 Å². The average Bonchev–Trinajstić information content (AvgIpc) is 3.10. The lowest BCUT2D eigenvalue weighted by atomic mass is 9.91. The Hall–Kier alpha value is -2.35. The molecular weight excluding hydrogens is 322 g/mol. The lowest BCUT2D eigenvalue weighted by Gasteiger charge is -2.28. The maximum Gasteiger partial charge on any atom is 0.270 e. The normalized spacial score (nSPS) is 16.8. The first-order chi connectivity index (χ1) is 12.0. The number of aryl methyl sites for hydroxylation is 1. The van der Waals surface area contributed by atoms with Crippen LogP contribution < -0.4 is 5.32 Å². The van der Waals surface area contributed by atoms with Gasteiger partial charge in [0.05, 0.1) is 0 Å². The van der Waals surface area contributed by atoms with Crippen LogP contribution in [0.3, 0.4) is 0 Å². The summed E-state index contributed by atoms with van der Waals surface area (Å²) in [7, 11) is 0. The first-order valence-electron chi connectivity index (χ1n) is 8.56. The van der Waals surface area contributed by atoms with Crippen LogP contribution in [0.4, 0.5) is 0 Å². The Kier molecular flexibility index (Phi) is 5.37. The number of ether oxygens (including phenoxy) is 1. The zero-order valence-electron chi connectivity index (χ0n) is 14.7. The molecule has 0 saturated carbocycles. The van der Waals surface area contributed by atoms with Crippen LogP contribution in [0.1, 0.15) is 66.7 Å². The number of nitrogens with one attached hydrogen (secondary N) is 1. The molecule has 1 N–H and O–H groups in total. The molecule has 3 rings (SSSR count). The first-order valence-corrected chi connectivity index (χ1v) is 8.56. The quantitative estimate of drug-likeness (QED) is 0.886. The van der Waals surface area contributed by atoms with Crippen molar-refractivity contribution in [2.24, 2.45) is 5.92 Å². The fourth-order valence-corrected chi connectivity index (χ4v) is 2.84. The molecule has 0 spiro atoms. The summed E-state index contributed by atoms with van der Waals surface area (Å²) in [5.41, 5.74) is 0.327. The highest BCUT2D eigenvalue weighted by Gasteiger charge is 2.32. The summed E-state index contributed by atoms with van der Waals surface area (Å²) >= 11 is 0. The van der Waals surface area contributed by atoms with Gasteiger partial charge < -0.3 is 14.6 Å². The van der Waals surface area contributed by atoms with Gasteiger partial charge in [-0.25, -0.2) is 9.97 Å². The highest BCUT2D eigenvalue weighted by Crippen LogP contribution is 2.30. The van der Waals surface area contributed by atoms with E-state index in [-0.39, 0.29) is 23.8 Å². The lowest BCUT2D eigenvalue weighted by molar-refractivity contribution is 0.0467. The van der Waals surface area contributed by atoms with E-state index in [9.17, 15) is 4.79 Å². The van der Waals surface area contributed by atoms with E-state index < -0.39 is 0 Å². The fourth-order valence-electron chi connectivity index (χ4n) is 2.84. The topological polar surface area (TPSA) is 103 Å². The molecule has 1 amide bonds. The van der Waals surface area contributed by atoms with Crippen molar-refractivity contribution in [2.75, 3.05) is 13.2 Å². The number of nitrogens with zero attached hydrogens (tertiary/aromatic N) is 4. The molecule has 1 unspecified atom stereocenters. The number of carbonyl (C=O) groups is 1. The molecule has 25 heavy (non-hydrogen) atoms. The van der Waals surface area contributed by atoms with Crippen LogP contribution in [0, 0.1) is 12.8 Å². The van der Waals surface area contributed by atoms with E-state index in [4.69, 9.17) is 9.26 Å². The van der Waals surface area contributed by atoms with Gasteiger partial charge in [-0.05, 0) is 31.7 Å². The second kappa shape index (κ2) is 7.69. The monoisotopic (exact) mass is 345 g/mol. The zero-order valence-corrected chi connectivity index (χ0v) is 14.7. The van der Waals surface area contributed by atoms with Crippen molar-refractivity contribution in [1.29, 1.82) is 0 Å². The molecule has 0 radical (unpaired) electrons. The number of hydrogen-bond donors (Lipinski definition) is 1. The summed E-state index contributed by atoms with van der Waals surface area (Å²) in [4.78, 5) is 25.3. The van der Waals surface area contributed by atoms with Gasteiger partial charge >= 0.3 is 0 Å². The summed E-state index contributed by atoms with van der Waals surface area (Å²) in [6.45, 7) is 7.07. The van der Waals surface area contributed by atoms with E-state index in [0.717, 1.165) is 12.8 Å². The van der Waals surface area contributed by atoms with Gasteiger partial charge in [-0.2, -0.15) is 4.98 Å². The van der Waals surface area contributed by atoms with Gasteiger partial charge in [-0.15, -0.1) is 0 Å². The van der Waals surface area contributed by atoms with E-state index in [0.29, 0.717) is 36.4 Å². The van der Waals surface area contributed by atoms with Crippen molar-refractivity contribution in [3.8, 4) is 0 Å². The van der Waals surface area contributed by atoms with Gasteiger partial charge in [0.15, 0.2) is 5.82 Å². The Labute approximate surface area is 146 Å². The molecule has 8 nitrogen and oxygen atoms in total. The number of carbonyl (C=O) groups excluding carboxylic acids is 1. The van der Waals surface area contributed by atoms with Crippen LogP contribution >= 0.6 is 0 Å². The van der Waals surface area contributed by atoms with Crippen molar-refractivity contribution >= 4 is 5.91 Å². The number of rotatable bonds is 5. The maximum absolute atomic E-state index is 12.6. The Morgan fingerprint density at radius 3 is 2.68 bits per heavy atom. The van der Waals surface area contributed by atoms with Gasteiger partial charge in [0.1, 0.15) is 17.6 Å². The third-order valence-corrected chi connectivity index (χ3v) is 4.27. The van der Waals surface area contributed by atoms with E-state index in [1.54, 1.807) is 19.2 Å². The molecule has 0 aliphatic carbocycles. The number of hydrogen-bond acceptors (Lipinski definition) is 7. The van der Waals surface area contributed by atoms with Crippen molar-refractivity contribution in [1.82, 2.24) is 25.4 Å². The predicted octanol–water partition coefficient (Wildman–Crippen LogP) is 2.19. The Morgan fingerprint density at radius 2 is 2.04 bits per heavy atom. The largest absolute Gasteiger partial charge is 0.381 e. The van der Waals surface area contributed by atoms with Gasteiger partial charge in [0, 0.05) is 25.3 Å². The first kappa shape index (κ1) is 17.5. The van der Waals surface area contributed by atoms with E-state index in [1.807, 2.05) is 13.8 Å². The fraction of sp³-hybridized carbons (Fsp3) is 0.588. The van der Waals surface area contributed by atoms with Crippen molar-refractivity contribution < 1.29 is 14.1 Å². The molecule has 8 heteroatoms. The molecule has 3 heterocycles. The van der Waals surface area contributed by atoms with Crippen molar-refractivity contribution in [3.63, 3.8) is 0 Å². The van der Waals surface area contributed by atoms with Gasteiger partial charge in [0.25, 0.3) is 5.91 Å². The minimum absolute atomic E-state index is 0.160. The molecule has 1 saturated heterocycles. The maximum atomic E-state index is 12.6. The molecule has 2 aromatic rings. The predicted molar refractivity (Wildman–Crippen MR) is 88.9 cm³/mol. The zero-order chi connectivity index (χ0) is 17.8. The Bertz CT molecular complexity index is 725. The lowest BCUT2D eigenvalue weighted by Crippen LogP contribution is -2.36. The molecule has 1 fully saturated rings. The highest BCUT2D eigenvalue weighted by molar-refractivity contribution is 5.92. The number of amides is 1. The van der Waals surface area contributed by atoms with Crippen LogP contribution in [0.25, 0.3) is 0 Å². The summed E-state index contributed by atoms with van der Waals surface area (Å²) in [5.74, 6) is 1.70. The Morgan fingerprint density at radius 1 is 1.28 bits per heavy atom. The SMILES string of the molecule is Cc1nccc(C(=O)NC(c2nc(C(C)C)no2)C2CCOCC2)n1. The third kappa shape index (κ3) is 4.19. The van der Waals surface area contributed by atoms with Gasteiger partial charge in [0.2, 0.25) is 5.89 Å². The molecule has 134 valence electrons. The average molecular weight is 345 g/mol. The van der Waals surface area contributed by atoms with Crippen molar-refractivity contribution in [2.45, 2.75) is 45.6 Å². The standard InChI is InChI=1S/C17H23N5O3/c1-10(2)15-21-17(25-22-15)14(12-5-8-24-9-6-12)20-16(23)13-4-7-18-11(3)19-13/h4,7,10,12,14H,5-6,8-9H2,1-3H3,(H,20,23). The second-order valence-electron chi connectivity index (χ2n) is 6.54.